The van der Waals surface area contributed by atoms with E-state index in [1.54, 1.807) is 6.08 Å². The molecule has 2 saturated carbocycles. The third-order valence-electron chi connectivity index (χ3n) is 6.60. The number of nitrogens with zero attached hydrogens (tertiary/aromatic N) is 1. The summed E-state index contributed by atoms with van der Waals surface area (Å²) < 4.78 is 0. The number of hydrogen-bond acceptors (Lipinski definition) is 1. The lowest BCUT2D eigenvalue weighted by atomic mass is 9.68. The first-order valence-corrected chi connectivity index (χ1v) is 10.4. The molecule has 0 bridgehead atoms. The van der Waals surface area contributed by atoms with Crippen LogP contribution in [-0.2, 0) is 0 Å². The molecular weight excluding hydrogens is 278 g/mol. The Hall–Kier alpha value is -0.770. The van der Waals surface area contributed by atoms with Crippen LogP contribution in [0.2, 0.25) is 0 Å². The predicted octanol–water partition coefficient (Wildman–Crippen LogP) is 7.04. The van der Waals surface area contributed by atoms with Crippen molar-refractivity contribution in [2.24, 2.45) is 23.7 Å². The first-order chi connectivity index (χ1) is 11.3. The van der Waals surface area contributed by atoms with Gasteiger partial charge in [0.1, 0.15) is 0 Å². The van der Waals surface area contributed by atoms with Gasteiger partial charge in [-0.15, -0.1) is 0 Å². The molecule has 0 aromatic carbocycles. The van der Waals surface area contributed by atoms with Gasteiger partial charge in [0.15, 0.2) is 0 Å². The van der Waals surface area contributed by atoms with Crippen molar-refractivity contribution >= 4 is 0 Å². The molecule has 0 radical (unpaired) electrons. The van der Waals surface area contributed by atoms with Crippen molar-refractivity contribution in [3.05, 3.63) is 12.2 Å². The smallest absolute Gasteiger partial charge is 0.0908 e. The van der Waals surface area contributed by atoms with Gasteiger partial charge in [0, 0.05) is 6.08 Å². The number of hydrogen-bond donors (Lipinski definition) is 0. The fourth-order valence-electron chi connectivity index (χ4n) is 5.05. The van der Waals surface area contributed by atoms with Crippen LogP contribution in [0.3, 0.4) is 0 Å². The van der Waals surface area contributed by atoms with Crippen LogP contribution in [0.15, 0.2) is 12.2 Å². The van der Waals surface area contributed by atoms with Gasteiger partial charge in [-0.2, -0.15) is 5.26 Å². The summed E-state index contributed by atoms with van der Waals surface area (Å²) in [6.45, 7) is 2.31. The Balaban J connectivity index is 1.59. The quantitative estimate of drug-likeness (QED) is 0.348. The van der Waals surface area contributed by atoms with E-state index in [1.807, 2.05) is 6.08 Å². The Labute approximate surface area is 144 Å². The van der Waals surface area contributed by atoms with E-state index in [1.165, 1.54) is 83.5 Å². The van der Waals surface area contributed by atoms with Crippen LogP contribution >= 0.6 is 0 Å². The zero-order valence-corrected chi connectivity index (χ0v) is 15.3. The summed E-state index contributed by atoms with van der Waals surface area (Å²) in [4.78, 5) is 0. The van der Waals surface area contributed by atoms with E-state index >= 15 is 0 Å². The Morgan fingerprint density at radius 2 is 1.39 bits per heavy atom. The van der Waals surface area contributed by atoms with E-state index in [-0.39, 0.29) is 0 Å². The van der Waals surface area contributed by atoms with E-state index < -0.39 is 0 Å². The molecule has 0 saturated heterocycles. The average molecular weight is 316 g/mol. The molecule has 2 rings (SSSR count). The van der Waals surface area contributed by atoms with Crippen LogP contribution in [0.4, 0.5) is 0 Å². The van der Waals surface area contributed by atoms with Gasteiger partial charge in [-0.25, -0.2) is 0 Å². The van der Waals surface area contributed by atoms with E-state index in [0.29, 0.717) is 0 Å². The lowest BCUT2D eigenvalue weighted by Crippen LogP contribution is -2.25. The summed E-state index contributed by atoms with van der Waals surface area (Å²) in [6, 6.07) is 2.09. The second-order valence-corrected chi connectivity index (χ2v) is 8.17. The maximum atomic E-state index is 8.52. The molecule has 0 aromatic rings. The lowest BCUT2D eigenvalue weighted by Gasteiger charge is -2.38. The highest BCUT2D eigenvalue weighted by atomic mass is 14.4. The standard InChI is InChI=1S/C22H37N/c1-2-3-5-8-19-10-14-21(15-11-19)22-16-12-20(13-17-22)9-6-4-7-18-23/h4,7,19-22H,2-3,5-6,8-17H2,1H3/b7-4+. The third kappa shape index (κ3) is 6.70. The van der Waals surface area contributed by atoms with Crippen molar-refractivity contribution in [3.63, 3.8) is 0 Å². The van der Waals surface area contributed by atoms with Crippen LogP contribution in [0.1, 0.15) is 96.8 Å². The number of allylic oxidation sites excluding steroid dienone is 2. The predicted molar refractivity (Wildman–Crippen MR) is 99.0 cm³/mol. The second-order valence-electron chi connectivity index (χ2n) is 8.17. The van der Waals surface area contributed by atoms with Crippen molar-refractivity contribution in [2.75, 3.05) is 0 Å². The highest BCUT2D eigenvalue weighted by Gasteiger charge is 2.30. The van der Waals surface area contributed by atoms with Crippen LogP contribution < -0.4 is 0 Å². The molecule has 130 valence electrons. The fourth-order valence-corrected chi connectivity index (χ4v) is 5.05. The summed E-state index contributed by atoms with van der Waals surface area (Å²) in [6.07, 6.45) is 23.8. The van der Waals surface area contributed by atoms with Crippen LogP contribution in [0, 0.1) is 35.0 Å². The lowest BCUT2D eigenvalue weighted by molar-refractivity contribution is 0.140. The van der Waals surface area contributed by atoms with E-state index in [9.17, 15) is 0 Å². The maximum Gasteiger partial charge on any atom is 0.0908 e. The molecule has 1 nitrogen and oxygen atoms in total. The largest absolute Gasteiger partial charge is 0.193 e. The Kier molecular flexibility index (Phi) is 8.80. The molecule has 0 atom stereocenters. The second kappa shape index (κ2) is 10.9. The molecule has 0 spiro atoms. The molecule has 2 aliphatic carbocycles. The molecule has 1 heteroatoms. The Morgan fingerprint density at radius 3 is 1.91 bits per heavy atom. The van der Waals surface area contributed by atoms with Gasteiger partial charge in [-0.05, 0) is 62.2 Å². The minimum absolute atomic E-state index is 0.931. The number of unbranched alkanes of at least 4 members (excludes halogenated alkanes) is 2. The average Bonchev–Trinajstić information content (AvgIpc) is 2.60. The normalized spacial score (nSPS) is 32.0. The molecule has 0 aliphatic heterocycles. The fraction of sp³-hybridized carbons (Fsp3) is 0.864. The zero-order valence-electron chi connectivity index (χ0n) is 15.3. The summed E-state index contributed by atoms with van der Waals surface area (Å²) in [7, 11) is 0. The van der Waals surface area contributed by atoms with Crippen LogP contribution in [-0.4, -0.2) is 0 Å². The van der Waals surface area contributed by atoms with Crippen molar-refractivity contribution in [1.82, 2.24) is 0 Å². The topological polar surface area (TPSA) is 23.8 Å². The third-order valence-corrected chi connectivity index (χ3v) is 6.60. The maximum absolute atomic E-state index is 8.52. The van der Waals surface area contributed by atoms with Crippen molar-refractivity contribution in [1.29, 1.82) is 5.26 Å². The summed E-state index contributed by atoms with van der Waals surface area (Å²) in [5.74, 6) is 4.08. The van der Waals surface area contributed by atoms with Crippen molar-refractivity contribution in [2.45, 2.75) is 96.8 Å². The monoisotopic (exact) mass is 315 g/mol. The molecule has 0 aromatic heterocycles. The van der Waals surface area contributed by atoms with Crippen LogP contribution in [0.25, 0.3) is 0 Å². The van der Waals surface area contributed by atoms with Gasteiger partial charge in [0.25, 0.3) is 0 Å². The molecular formula is C22H37N. The zero-order chi connectivity index (χ0) is 16.3. The summed E-state index contributed by atoms with van der Waals surface area (Å²) in [5.41, 5.74) is 0. The first-order valence-electron chi connectivity index (χ1n) is 10.4. The van der Waals surface area contributed by atoms with Crippen LogP contribution in [0.5, 0.6) is 0 Å². The molecule has 0 unspecified atom stereocenters. The first kappa shape index (κ1) is 18.6. The summed E-state index contributed by atoms with van der Waals surface area (Å²) in [5, 5.41) is 8.52. The number of nitriles is 1. The van der Waals surface area contributed by atoms with E-state index in [2.05, 4.69) is 13.0 Å². The SMILES string of the molecule is CCCCCC1CCC(C2CCC(CC/C=C/C#N)CC2)CC1. The van der Waals surface area contributed by atoms with Crippen molar-refractivity contribution < 1.29 is 0 Å². The van der Waals surface area contributed by atoms with E-state index in [0.717, 1.165) is 30.1 Å². The molecule has 0 heterocycles. The van der Waals surface area contributed by atoms with Gasteiger partial charge in [0.05, 0.1) is 6.07 Å². The molecule has 0 amide bonds. The van der Waals surface area contributed by atoms with Gasteiger partial charge in [-0.1, -0.05) is 64.4 Å². The van der Waals surface area contributed by atoms with Gasteiger partial charge >= 0.3 is 0 Å². The number of rotatable bonds is 8. The minimum Gasteiger partial charge on any atom is -0.193 e. The van der Waals surface area contributed by atoms with Crippen molar-refractivity contribution in [3.8, 4) is 6.07 Å². The van der Waals surface area contributed by atoms with Gasteiger partial charge < -0.3 is 0 Å². The molecule has 0 N–H and O–H groups in total. The molecule has 2 aliphatic rings. The highest BCUT2D eigenvalue weighted by Crippen LogP contribution is 2.43. The Bertz CT molecular complexity index is 362. The van der Waals surface area contributed by atoms with Gasteiger partial charge in [-0.3, -0.25) is 0 Å². The Morgan fingerprint density at radius 1 is 0.826 bits per heavy atom. The van der Waals surface area contributed by atoms with E-state index in [4.69, 9.17) is 5.26 Å². The van der Waals surface area contributed by atoms with Gasteiger partial charge in [0.2, 0.25) is 0 Å². The summed E-state index contributed by atoms with van der Waals surface area (Å²) >= 11 is 0. The highest BCUT2D eigenvalue weighted by molar-refractivity contribution is 5.01. The molecule has 2 fully saturated rings. The molecule has 23 heavy (non-hydrogen) atoms. The minimum atomic E-state index is 0.931.